The third kappa shape index (κ3) is 4.05. The maximum atomic E-state index is 12.8. The van der Waals surface area contributed by atoms with Crippen LogP contribution in [0, 0.1) is 0 Å². The zero-order valence-corrected chi connectivity index (χ0v) is 17.6. The Morgan fingerprint density at radius 1 is 0.929 bits per heavy atom. The number of ether oxygens (including phenoxy) is 3. The number of quaternary nitrogens is 1. The second-order valence-corrected chi connectivity index (χ2v) is 8.75. The van der Waals surface area contributed by atoms with E-state index in [-0.39, 0.29) is 4.90 Å². The van der Waals surface area contributed by atoms with Gasteiger partial charge in [0.25, 0.3) is 0 Å². The molecule has 28 heavy (non-hydrogen) atoms. The molecule has 3 rings (SSSR count). The Morgan fingerprint density at radius 2 is 1.46 bits per heavy atom. The number of hydrogen-bond acceptors (Lipinski definition) is 5. The van der Waals surface area contributed by atoms with Gasteiger partial charge in [0.1, 0.15) is 5.69 Å². The van der Waals surface area contributed by atoms with Crippen molar-refractivity contribution in [2.45, 2.75) is 4.90 Å². The Hall–Kier alpha value is -2.00. The molecule has 7 nitrogen and oxygen atoms in total. The molecule has 1 N–H and O–H groups in total. The van der Waals surface area contributed by atoms with Crippen molar-refractivity contribution >= 4 is 27.3 Å². The standard InChI is InChI=1S/C19H23ClN2O5S/c1-25-17-12-15(13-18(26-2)19(17)27-3)21-8-10-22(11-9-21)28(23,24)16-6-4-14(20)5-7-16/h4-7,12-13H,8-11H2,1-3H3/p+1. The van der Waals surface area contributed by atoms with Crippen molar-refractivity contribution in [3.8, 4) is 17.2 Å². The van der Waals surface area contributed by atoms with Crippen LogP contribution in [-0.4, -0.2) is 60.2 Å². The van der Waals surface area contributed by atoms with Crippen LogP contribution in [0.2, 0.25) is 5.02 Å². The first-order chi connectivity index (χ1) is 13.4. The minimum Gasteiger partial charge on any atom is -0.492 e. The first-order valence-electron chi connectivity index (χ1n) is 8.81. The van der Waals surface area contributed by atoms with Crippen molar-refractivity contribution in [2.24, 2.45) is 0 Å². The summed E-state index contributed by atoms with van der Waals surface area (Å²) in [7, 11) is 1.19. The number of rotatable bonds is 6. The van der Waals surface area contributed by atoms with Gasteiger partial charge in [-0.15, -0.1) is 0 Å². The molecule has 2 aromatic carbocycles. The highest BCUT2D eigenvalue weighted by Crippen LogP contribution is 2.39. The molecule has 1 heterocycles. The van der Waals surface area contributed by atoms with Crippen molar-refractivity contribution < 1.29 is 27.5 Å². The smallest absolute Gasteiger partial charge is 0.243 e. The number of hydrogen-bond donors (Lipinski definition) is 1. The number of piperazine rings is 1. The number of nitrogens with one attached hydrogen (secondary N) is 1. The van der Waals surface area contributed by atoms with Crippen LogP contribution in [0.25, 0.3) is 0 Å². The molecule has 1 saturated heterocycles. The van der Waals surface area contributed by atoms with Crippen LogP contribution in [0.4, 0.5) is 5.69 Å². The lowest BCUT2D eigenvalue weighted by atomic mass is 10.2. The topological polar surface area (TPSA) is 69.5 Å². The van der Waals surface area contributed by atoms with E-state index in [1.807, 2.05) is 12.1 Å². The highest BCUT2D eigenvalue weighted by molar-refractivity contribution is 7.89. The SMILES string of the molecule is COc1cc([NH+]2CCN(S(=O)(=O)c3ccc(Cl)cc3)CC2)cc(OC)c1OC. The van der Waals surface area contributed by atoms with Gasteiger partial charge in [-0.3, -0.25) is 0 Å². The minimum absolute atomic E-state index is 0.258. The van der Waals surface area contributed by atoms with Gasteiger partial charge in [-0.25, -0.2) is 8.42 Å². The Bertz CT molecular complexity index is 901. The highest BCUT2D eigenvalue weighted by atomic mass is 35.5. The monoisotopic (exact) mass is 427 g/mol. The van der Waals surface area contributed by atoms with Crippen molar-refractivity contribution in [3.05, 3.63) is 41.4 Å². The number of methoxy groups -OCH3 is 3. The lowest BCUT2D eigenvalue weighted by Gasteiger charge is -2.31. The summed E-state index contributed by atoms with van der Waals surface area (Å²) in [5.74, 6) is 1.71. The molecular weight excluding hydrogens is 404 g/mol. The van der Waals surface area contributed by atoms with E-state index in [2.05, 4.69) is 0 Å². The molecule has 152 valence electrons. The Kier molecular flexibility index (Phi) is 6.34. The van der Waals surface area contributed by atoms with Crippen LogP contribution in [0.1, 0.15) is 0 Å². The molecular formula is C19H24ClN2O5S+. The van der Waals surface area contributed by atoms with Gasteiger partial charge < -0.3 is 19.1 Å². The van der Waals surface area contributed by atoms with Crippen LogP contribution in [0.5, 0.6) is 17.2 Å². The van der Waals surface area contributed by atoms with Gasteiger partial charge in [0.05, 0.1) is 52.4 Å². The largest absolute Gasteiger partial charge is 0.492 e. The van der Waals surface area contributed by atoms with Gasteiger partial charge in [0.2, 0.25) is 15.8 Å². The molecule has 0 radical (unpaired) electrons. The molecule has 0 spiro atoms. The van der Waals surface area contributed by atoms with Gasteiger partial charge in [-0.1, -0.05) is 11.6 Å². The van der Waals surface area contributed by atoms with Gasteiger partial charge in [-0.2, -0.15) is 4.31 Å². The Labute approximate surface area is 170 Å². The molecule has 0 atom stereocenters. The fourth-order valence-electron chi connectivity index (χ4n) is 3.33. The Balaban J connectivity index is 1.77. The molecule has 1 aliphatic heterocycles. The normalized spacial score (nSPS) is 16.0. The summed E-state index contributed by atoms with van der Waals surface area (Å²) >= 11 is 5.86. The van der Waals surface area contributed by atoms with Crippen molar-refractivity contribution in [1.29, 1.82) is 0 Å². The molecule has 1 aliphatic rings. The summed E-state index contributed by atoms with van der Waals surface area (Å²) < 4.78 is 43.4. The van der Waals surface area contributed by atoms with Crippen molar-refractivity contribution in [2.75, 3.05) is 47.5 Å². The second kappa shape index (κ2) is 8.57. The summed E-state index contributed by atoms with van der Waals surface area (Å²) in [4.78, 5) is 1.41. The summed E-state index contributed by atoms with van der Waals surface area (Å²) in [6.45, 7) is 2.09. The van der Waals surface area contributed by atoms with E-state index in [1.54, 1.807) is 33.5 Å². The maximum absolute atomic E-state index is 12.8. The average Bonchev–Trinajstić information content (AvgIpc) is 2.73. The van der Waals surface area contributed by atoms with Crippen molar-refractivity contribution in [1.82, 2.24) is 4.31 Å². The minimum atomic E-state index is -3.53. The predicted octanol–water partition coefficient (Wildman–Crippen LogP) is 1.59. The summed E-state index contributed by atoms with van der Waals surface area (Å²) in [6.07, 6.45) is 0. The van der Waals surface area contributed by atoms with Gasteiger partial charge >= 0.3 is 0 Å². The molecule has 0 unspecified atom stereocenters. The quantitative estimate of drug-likeness (QED) is 0.758. The predicted molar refractivity (Wildman–Crippen MR) is 107 cm³/mol. The summed E-state index contributed by atoms with van der Waals surface area (Å²) in [5.41, 5.74) is 0.970. The highest BCUT2D eigenvalue weighted by Gasteiger charge is 2.32. The third-order valence-corrected chi connectivity index (χ3v) is 7.02. The lowest BCUT2D eigenvalue weighted by Crippen LogP contribution is -3.10. The van der Waals surface area contributed by atoms with E-state index in [9.17, 15) is 8.42 Å². The van der Waals surface area contributed by atoms with Crippen LogP contribution >= 0.6 is 11.6 Å². The second-order valence-electron chi connectivity index (χ2n) is 6.38. The molecule has 0 amide bonds. The number of sulfonamides is 1. The lowest BCUT2D eigenvalue weighted by molar-refractivity contribution is -0.837. The molecule has 0 aromatic heterocycles. The molecule has 1 fully saturated rings. The summed E-state index contributed by atoms with van der Waals surface area (Å²) in [5, 5.41) is 0.510. The van der Waals surface area contributed by atoms with Crippen LogP contribution < -0.4 is 19.1 Å². The van der Waals surface area contributed by atoms with E-state index < -0.39 is 10.0 Å². The Morgan fingerprint density at radius 3 is 1.93 bits per heavy atom. The van der Waals surface area contributed by atoms with E-state index in [4.69, 9.17) is 25.8 Å². The number of halogens is 1. The van der Waals surface area contributed by atoms with Gasteiger partial charge in [0, 0.05) is 17.2 Å². The molecule has 0 bridgehead atoms. The first kappa shape index (κ1) is 20.7. The average molecular weight is 428 g/mol. The molecule has 0 saturated carbocycles. The van der Waals surface area contributed by atoms with Crippen LogP contribution in [-0.2, 0) is 10.0 Å². The number of benzene rings is 2. The fourth-order valence-corrected chi connectivity index (χ4v) is 4.89. The van der Waals surface area contributed by atoms with E-state index in [0.29, 0.717) is 48.5 Å². The van der Waals surface area contributed by atoms with E-state index in [0.717, 1.165) is 10.6 Å². The first-order valence-corrected chi connectivity index (χ1v) is 10.6. The zero-order chi connectivity index (χ0) is 20.3. The zero-order valence-electron chi connectivity index (χ0n) is 16.1. The van der Waals surface area contributed by atoms with Crippen molar-refractivity contribution in [3.63, 3.8) is 0 Å². The fraction of sp³-hybridized carbons (Fsp3) is 0.368. The van der Waals surface area contributed by atoms with Crippen LogP contribution in [0.15, 0.2) is 41.3 Å². The molecule has 9 heteroatoms. The molecule has 2 aromatic rings. The molecule has 0 aliphatic carbocycles. The van der Waals surface area contributed by atoms with E-state index >= 15 is 0 Å². The van der Waals surface area contributed by atoms with Gasteiger partial charge in [-0.05, 0) is 24.3 Å². The number of nitrogens with zero attached hydrogens (tertiary/aromatic N) is 1. The maximum Gasteiger partial charge on any atom is 0.243 e. The van der Waals surface area contributed by atoms with Crippen LogP contribution in [0.3, 0.4) is 0 Å². The summed E-state index contributed by atoms with van der Waals surface area (Å²) in [6, 6.07) is 10.1. The van der Waals surface area contributed by atoms with Gasteiger partial charge in [0.15, 0.2) is 11.5 Å². The van der Waals surface area contributed by atoms with E-state index in [1.165, 1.54) is 16.4 Å². The third-order valence-electron chi connectivity index (χ3n) is 4.85.